The molecule has 0 amide bonds. The molecule has 11 nitrogen and oxygen atoms in total. The quantitative estimate of drug-likeness (QED) is 0.120. The second kappa shape index (κ2) is 12.6. The van der Waals surface area contributed by atoms with Gasteiger partial charge in [-0.3, -0.25) is 47.4 Å². The second-order valence-electron chi connectivity index (χ2n) is 15.7. The number of fused-ring (bicyclic) bond motifs is 20. The first kappa shape index (κ1) is 29.4. The number of hydrogen-bond acceptors (Lipinski definition) is 8. The Morgan fingerprint density at radius 3 is 0.512 bits per heavy atom. The Labute approximate surface area is 257 Å². The van der Waals surface area contributed by atoms with Crippen LogP contribution in [0.15, 0.2) is 0 Å². The van der Waals surface area contributed by atoms with Crippen molar-refractivity contribution in [2.45, 2.75) is 152 Å². The molecule has 8 bridgehead atoms. The topological polar surface area (TPSA) is 155 Å². The van der Waals surface area contributed by atoms with E-state index in [-0.39, 0.29) is 0 Å². The summed E-state index contributed by atoms with van der Waals surface area (Å²) in [4.78, 5) is 1.50. The van der Waals surface area contributed by atoms with Crippen molar-refractivity contribution in [1.82, 2.24) is 42.5 Å². The zero-order valence-electron chi connectivity index (χ0n) is 25.9. The number of hydrogen-bond donors (Lipinski definition) is 8. The lowest BCUT2D eigenvalue weighted by molar-refractivity contribution is 0.167. The summed E-state index contributed by atoms with van der Waals surface area (Å²) in [5.74, 6) is 5.97. The molecule has 0 aromatic rings. The molecule has 0 spiro atoms. The molecule has 5 saturated heterocycles. The molecule has 4 saturated carbocycles. The Kier molecular flexibility index (Phi) is 8.65. The van der Waals surface area contributed by atoms with Crippen LogP contribution >= 0.6 is 0 Å². The smallest absolute Gasteiger partial charge is 0.0628 e. The van der Waals surface area contributed by atoms with Crippen LogP contribution in [0.3, 0.4) is 0 Å². The van der Waals surface area contributed by atoms with E-state index in [9.17, 15) is 0 Å². The van der Waals surface area contributed by atoms with Crippen LogP contribution in [0.2, 0.25) is 0 Å². The van der Waals surface area contributed by atoms with Gasteiger partial charge in [-0.1, -0.05) is 51.4 Å². The maximum absolute atomic E-state index is 6.75. The summed E-state index contributed by atoms with van der Waals surface area (Å²) in [7, 11) is 0. The molecule has 0 aromatic carbocycles. The summed E-state index contributed by atoms with van der Waals surface area (Å²) in [6, 6.07) is 0. The predicted octanol–water partition coefficient (Wildman–Crippen LogP) is 3.47. The Bertz CT molecular complexity index is 798. The Balaban J connectivity index is 0.000000892. The summed E-state index contributed by atoms with van der Waals surface area (Å²) in [6.45, 7) is 0. The second-order valence-corrected chi connectivity index (χ2v) is 15.7. The molecule has 8 N–H and O–H groups in total. The first-order valence-corrected chi connectivity index (χ1v) is 18.3. The molecule has 9 aliphatic rings. The average Bonchev–Trinajstić information content (AvgIpc) is 3.77. The fraction of sp³-hybridized carbons (Fsp3) is 1.00. The molecule has 5 heterocycles. The average molecular weight is 595 g/mol. The molecule has 4 aliphatic carbocycles. The summed E-state index contributed by atoms with van der Waals surface area (Å²) < 4.78 is 0. The summed E-state index contributed by atoms with van der Waals surface area (Å²) in [6.07, 6.45) is 25.6. The van der Waals surface area contributed by atoms with E-state index in [1.807, 2.05) is 0 Å². The van der Waals surface area contributed by atoms with Crippen molar-refractivity contribution in [3.8, 4) is 0 Å². The van der Waals surface area contributed by atoms with Crippen LogP contribution in [0.25, 0.3) is 16.0 Å². The van der Waals surface area contributed by atoms with Crippen LogP contribution in [0, 0.1) is 47.3 Å². The maximum atomic E-state index is 6.75. The minimum atomic E-state index is 0.420. The largest absolute Gasteiger partial charge is 0.373 e. The van der Waals surface area contributed by atoms with E-state index >= 15 is 0 Å². The molecule has 9 fully saturated rings. The molecule has 8 atom stereocenters. The van der Waals surface area contributed by atoms with Crippen LogP contribution in [0.1, 0.15) is 103 Å². The SMILES string of the molecule is C1CCC2C3NC(NC4NC(NC5NC(NC6NC(N3)C3CCCCC63)C3CCCCC53)C3CCCCC43)C2C1.[N-]=[N+]=[N-]. The van der Waals surface area contributed by atoms with Crippen molar-refractivity contribution in [3.05, 3.63) is 16.0 Å². The van der Waals surface area contributed by atoms with Gasteiger partial charge in [-0.05, 0) is 98.7 Å². The highest BCUT2D eigenvalue weighted by Gasteiger charge is 2.54. The minimum Gasteiger partial charge on any atom is -0.373 e. The molecule has 240 valence electrons. The minimum absolute atomic E-state index is 0.420. The van der Waals surface area contributed by atoms with Crippen LogP contribution in [0.5, 0.6) is 0 Å². The third-order valence-corrected chi connectivity index (χ3v) is 13.8. The lowest BCUT2D eigenvalue weighted by Gasteiger charge is -2.35. The molecular formula is C32H56N11-. The first-order chi connectivity index (χ1) is 21.2. The Morgan fingerprint density at radius 2 is 0.395 bits per heavy atom. The Hall–Kier alpha value is -1.01. The third kappa shape index (κ3) is 5.44. The zero-order valence-corrected chi connectivity index (χ0v) is 25.9. The van der Waals surface area contributed by atoms with Gasteiger partial charge in [0.2, 0.25) is 0 Å². The van der Waals surface area contributed by atoms with Crippen molar-refractivity contribution < 1.29 is 0 Å². The predicted molar refractivity (Wildman–Crippen MR) is 167 cm³/mol. The molecule has 5 aliphatic heterocycles. The van der Waals surface area contributed by atoms with Gasteiger partial charge in [0.25, 0.3) is 0 Å². The van der Waals surface area contributed by atoms with E-state index in [0.29, 0.717) is 49.3 Å². The molecule has 11 heteroatoms. The fourth-order valence-corrected chi connectivity index (χ4v) is 12.0. The van der Waals surface area contributed by atoms with Crippen LogP contribution < -0.4 is 42.5 Å². The van der Waals surface area contributed by atoms with E-state index in [2.05, 4.69) is 42.5 Å². The van der Waals surface area contributed by atoms with Crippen LogP contribution in [-0.2, 0) is 0 Å². The first-order valence-electron chi connectivity index (χ1n) is 18.3. The maximum Gasteiger partial charge on any atom is 0.0628 e. The van der Waals surface area contributed by atoms with Crippen molar-refractivity contribution in [2.24, 2.45) is 47.3 Å². The lowest BCUT2D eigenvalue weighted by atomic mass is 9.76. The van der Waals surface area contributed by atoms with Crippen LogP contribution in [0.4, 0.5) is 0 Å². The summed E-state index contributed by atoms with van der Waals surface area (Å²) in [5, 5.41) is 33.8. The van der Waals surface area contributed by atoms with E-state index in [4.69, 9.17) is 11.1 Å². The molecule has 8 unspecified atom stereocenters. The molecule has 9 rings (SSSR count). The zero-order chi connectivity index (χ0) is 28.9. The van der Waals surface area contributed by atoms with Crippen molar-refractivity contribution in [1.29, 1.82) is 0 Å². The molecular weight excluding hydrogens is 538 g/mol. The van der Waals surface area contributed by atoms with Gasteiger partial charge in [-0.15, -0.1) is 0 Å². The lowest BCUT2D eigenvalue weighted by Crippen LogP contribution is -2.61. The standard InChI is InChI=1S/C32H56N8.N3/c1-2-10-18-17(9-1)25-33-26(18)38-28-21-13-5-6-14-22(21)30(35-28)40-32-24-16-8-7-15-23(24)31(36-32)39-29-20-12-4-3-11-19(20)27(34-29)37-25;1-3-2/h17-40H,1-16H2;/q;-1. The van der Waals surface area contributed by atoms with Crippen molar-refractivity contribution >= 4 is 0 Å². The van der Waals surface area contributed by atoms with Gasteiger partial charge in [-0.2, -0.15) is 0 Å². The summed E-state index contributed by atoms with van der Waals surface area (Å²) in [5.41, 5.74) is 13.5. The van der Waals surface area contributed by atoms with Gasteiger partial charge in [0.1, 0.15) is 0 Å². The van der Waals surface area contributed by atoms with Gasteiger partial charge in [0, 0.05) is 0 Å². The van der Waals surface area contributed by atoms with Crippen LogP contribution in [-0.4, -0.2) is 49.3 Å². The highest BCUT2D eigenvalue weighted by atomic mass is 15.4. The van der Waals surface area contributed by atoms with Gasteiger partial charge in [0.15, 0.2) is 0 Å². The van der Waals surface area contributed by atoms with Crippen molar-refractivity contribution in [3.63, 3.8) is 0 Å². The fourth-order valence-electron chi connectivity index (χ4n) is 12.0. The van der Waals surface area contributed by atoms with Gasteiger partial charge in [-0.25, -0.2) is 0 Å². The highest BCUT2D eigenvalue weighted by Crippen LogP contribution is 2.45. The highest BCUT2D eigenvalue weighted by molar-refractivity contribution is 5.08. The van der Waals surface area contributed by atoms with Gasteiger partial charge < -0.3 is 11.1 Å². The third-order valence-electron chi connectivity index (χ3n) is 13.8. The molecule has 43 heavy (non-hydrogen) atoms. The van der Waals surface area contributed by atoms with E-state index in [1.54, 1.807) is 0 Å². The molecule has 0 aromatic heterocycles. The number of rotatable bonds is 0. The van der Waals surface area contributed by atoms with E-state index < -0.39 is 0 Å². The number of nitrogens with one attached hydrogen (secondary N) is 8. The van der Waals surface area contributed by atoms with Crippen molar-refractivity contribution in [2.75, 3.05) is 0 Å². The van der Waals surface area contributed by atoms with Gasteiger partial charge in [0.05, 0.1) is 49.3 Å². The van der Waals surface area contributed by atoms with E-state index in [1.165, 1.54) is 108 Å². The number of nitrogens with zero attached hydrogens (tertiary/aromatic N) is 3. The van der Waals surface area contributed by atoms with Gasteiger partial charge >= 0.3 is 0 Å². The summed E-state index contributed by atoms with van der Waals surface area (Å²) >= 11 is 0. The normalized spacial score (nSPS) is 53.8. The van der Waals surface area contributed by atoms with E-state index in [0.717, 1.165) is 47.3 Å². The monoisotopic (exact) mass is 594 g/mol. The Morgan fingerprint density at radius 1 is 0.279 bits per heavy atom. The molecule has 0 radical (unpaired) electrons.